The van der Waals surface area contributed by atoms with E-state index in [0.717, 1.165) is 30.6 Å². The van der Waals surface area contributed by atoms with E-state index in [4.69, 9.17) is 0 Å². The lowest BCUT2D eigenvalue weighted by Gasteiger charge is -2.18. The SMILES string of the molecule is O=S(=O)(Nc1cccnc1)c1ccc2c(c1)NCCC2. The molecule has 0 radical (unpaired) electrons. The second kappa shape index (κ2) is 5.13. The molecule has 5 nitrogen and oxygen atoms in total. The van der Waals surface area contributed by atoms with Crippen LogP contribution in [0.1, 0.15) is 12.0 Å². The Morgan fingerprint density at radius 2 is 2.15 bits per heavy atom. The highest BCUT2D eigenvalue weighted by molar-refractivity contribution is 7.92. The summed E-state index contributed by atoms with van der Waals surface area (Å²) in [5, 5.41) is 3.23. The van der Waals surface area contributed by atoms with Crippen molar-refractivity contribution >= 4 is 21.4 Å². The van der Waals surface area contributed by atoms with Gasteiger partial charge in [-0.05, 0) is 42.7 Å². The fourth-order valence-corrected chi connectivity index (χ4v) is 3.31. The highest BCUT2D eigenvalue weighted by atomic mass is 32.2. The first-order valence-corrected chi connectivity index (χ1v) is 7.93. The Kier molecular flexibility index (Phi) is 3.31. The Morgan fingerprint density at radius 3 is 2.95 bits per heavy atom. The van der Waals surface area contributed by atoms with Crippen LogP contribution in [-0.2, 0) is 16.4 Å². The number of rotatable bonds is 3. The minimum atomic E-state index is -3.58. The standard InChI is InChI=1S/C14H15N3O2S/c18-20(19,17-12-4-2-7-15-10-12)13-6-5-11-3-1-8-16-14(11)9-13/h2,4-7,9-10,16-17H,1,3,8H2. The van der Waals surface area contributed by atoms with E-state index in [0.29, 0.717) is 5.69 Å². The number of aryl methyl sites for hydroxylation is 1. The van der Waals surface area contributed by atoms with Gasteiger partial charge >= 0.3 is 0 Å². The number of benzene rings is 1. The van der Waals surface area contributed by atoms with Crippen molar-refractivity contribution in [1.82, 2.24) is 4.98 Å². The highest BCUT2D eigenvalue weighted by Gasteiger charge is 2.17. The topological polar surface area (TPSA) is 71.1 Å². The van der Waals surface area contributed by atoms with Crippen LogP contribution >= 0.6 is 0 Å². The molecule has 0 amide bonds. The quantitative estimate of drug-likeness (QED) is 0.909. The molecule has 0 bridgehead atoms. The van der Waals surface area contributed by atoms with Crippen molar-refractivity contribution in [2.75, 3.05) is 16.6 Å². The molecule has 3 rings (SSSR count). The number of hydrogen-bond acceptors (Lipinski definition) is 4. The summed E-state index contributed by atoms with van der Waals surface area (Å²) in [6.07, 6.45) is 5.14. The maximum Gasteiger partial charge on any atom is 0.262 e. The first-order valence-electron chi connectivity index (χ1n) is 6.45. The van der Waals surface area contributed by atoms with E-state index in [-0.39, 0.29) is 4.90 Å². The van der Waals surface area contributed by atoms with E-state index in [1.807, 2.05) is 6.07 Å². The molecule has 2 heterocycles. The molecular formula is C14H15N3O2S. The van der Waals surface area contributed by atoms with Gasteiger partial charge in [0, 0.05) is 18.4 Å². The van der Waals surface area contributed by atoms with Gasteiger partial charge in [-0.2, -0.15) is 0 Å². The van der Waals surface area contributed by atoms with Gasteiger partial charge in [-0.25, -0.2) is 8.42 Å². The average molecular weight is 289 g/mol. The van der Waals surface area contributed by atoms with Crippen molar-refractivity contribution in [1.29, 1.82) is 0 Å². The normalized spacial score (nSPS) is 14.2. The van der Waals surface area contributed by atoms with Crippen LogP contribution in [0.3, 0.4) is 0 Å². The fraction of sp³-hybridized carbons (Fsp3) is 0.214. The van der Waals surface area contributed by atoms with Gasteiger partial charge in [0.15, 0.2) is 0 Å². The summed E-state index contributed by atoms with van der Waals surface area (Å²) in [5.41, 5.74) is 2.53. The average Bonchev–Trinajstić information content (AvgIpc) is 2.47. The zero-order valence-corrected chi connectivity index (χ0v) is 11.7. The summed E-state index contributed by atoms with van der Waals surface area (Å²) in [4.78, 5) is 4.15. The van der Waals surface area contributed by atoms with Crippen molar-refractivity contribution < 1.29 is 8.42 Å². The molecule has 2 N–H and O–H groups in total. The molecule has 1 aliphatic heterocycles. The Hall–Kier alpha value is -2.08. The lowest BCUT2D eigenvalue weighted by molar-refractivity contribution is 0.601. The lowest BCUT2D eigenvalue weighted by Crippen LogP contribution is -2.16. The molecule has 0 unspecified atom stereocenters. The number of aromatic nitrogens is 1. The van der Waals surface area contributed by atoms with Crippen LogP contribution in [0, 0.1) is 0 Å². The van der Waals surface area contributed by atoms with Crippen LogP contribution < -0.4 is 10.0 Å². The van der Waals surface area contributed by atoms with Crippen molar-refractivity contribution in [3.05, 3.63) is 48.3 Å². The molecule has 1 aromatic carbocycles. The van der Waals surface area contributed by atoms with E-state index < -0.39 is 10.0 Å². The number of pyridine rings is 1. The lowest BCUT2D eigenvalue weighted by atomic mass is 10.0. The van der Waals surface area contributed by atoms with Gasteiger partial charge in [-0.3, -0.25) is 9.71 Å². The van der Waals surface area contributed by atoms with Gasteiger partial charge in [-0.15, -0.1) is 0 Å². The Bertz CT molecular complexity index is 714. The third-order valence-electron chi connectivity index (χ3n) is 3.24. The van der Waals surface area contributed by atoms with E-state index >= 15 is 0 Å². The van der Waals surface area contributed by atoms with Gasteiger partial charge in [0.25, 0.3) is 10.0 Å². The monoisotopic (exact) mass is 289 g/mol. The molecule has 0 fully saturated rings. The number of nitrogens with one attached hydrogen (secondary N) is 2. The zero-order chi connectivity index (χ0) is 14.0. The Balaban J connectivity index is 1.91. The largest absolute Gasteiger partial charge is 0.385 e. The molecule has 0 atom stereocenters. The highest BCUT2D eigenvalue weighted by Crippen LogP contribution is 2.26. The predicted octanol–water partition coefficient (Wildman–Crippen LogP) is 2.24. The number of nitrogens with zero attached hydrogens (tertiary/aromatic N) is 1. The molecule has 0 saturated heterocycles. The van der Waals surface area contributed by atoms with Gasteiger partial charge in [-0.1, -0.05) is 6.07 Å². The molecule has 1 aliphatic rings. The molecule has 104 valence electrons. The van der Waals surface area contributed by atoms with Crippen molar-refractivity contribution in [3.63, 3.8) is 0 Å². The number of hydrogen-bond donors (Lipinski definition) is 2. The molecule has 1 aromatic heterocycles. The molecule has 6 heteroatoms. The fourth-order valence-electron chi connectivity index (χ4n) is 2.24. The van der Waals surface area contributed by atoms with E-state index in [2.05, 4.69) is 15.0 Å². The van der Waals surface area contributed by atoms with Crippen LogP contribution in [0.15, 0.2) is 47.6 Å². The maximum absolute atomic E-state index is 12.3. The van der Waals surface area contributed by atoms with Gasteiger partial charge in [0.1, 0.15) is 0 Å². The predicted molar refractivity (Wildman–Crippen MR) is 78.3 cm³/mol. The third kappa shape index (κ3) is 2.60. The number of fused-ring (bicyclic) bond motifs is 1. The van der Waals surface area contributed by atoms with Crippen molar-refractivity contribution in [3.8, 4) is 0 Å². The first kappa shape index (κ1) is 12.9. The summed E-state index contributed by atoms with van der Waals surface area (Å²) in [7, 11) is -3.58. The van der Waals surface area contributed by atoms with Crippen molar-refractivity contribution in [2.45, 2.75) is 17.7 Å². The van der Waals surface area contributed by atoms with Crippen LogP contribution in [0.2, 0.25) is 0 Å². The third-order valence-corrected chi connectivity index (χ3v) is 4.62. The number of sulfonamides is 1. The second-order valence-corrected chi connectivity index (χ2v) is 6.38. The van der Waals surface area contributed by atoms with Crippen LogP contribution in [0.4, 0.5) is 11.4 Å². The summed E-state index contributed by atoms with van der Waals surface area (Å²) in [6, 6.07) is 8.56. The maximum atomic E-state index is 12.3. The minimum Gasteiger partial charge on any atom is -0.385 e. The van der Waals surface area contributed by atoms with Gasteiger partial charge < -0.3 is 5.32 Å². The first-order chi connectivity index (χ1) is 9.65. The summed E-state index contributed by atoms with van der Waals surface area (Å²) < 4.78 is 27.2. The molecular weight excluding hydrogens is 274 g/mol. The van der Waals surface area contributed by atoms with Crippen LogP contribution in [-0.4, -0.2) is 19.9 Å². The van der Waals surface area contributed by atoms with E-state index in [9.17, 15) is 8.42 Å². The second-order valence-electron chi connectivity index (χ2n) is 4.70. The summed E-state index contributed by atoms with van der Waals surface area (Å²) in [6.45, 7) is 0.881. The van der Waals surface area contributed by atoms with Crippen molar-refractivity contribution in [2.24, 2.45) is 0 Å². The molecule has 0 aliphatic carbocycles. The molecule has 20 heavy (non-hydrogen) atoms. The van der Waals surface area contributed by atoms with Crippen LogP contribution in [0.25, 0.3) is 0 Å². The van der Waals surface area contributed by atoms with Gasteiger partial charge in [0.05, 0.1) is 16.8 Å². The summed E-state index contributed by atoms with van der Waals surface area (Å²) >= 11 is 0. The van der Waals surface area contributed by atoms with E-state index in [1.54, 1.807) is 30.5 Å². The molecule has 0 spiro atoms. The Labute approximate surface area is 118 Å². The summed E-state index contributed by atoms with van der Waals surface area (Å²) in [5.74, 6) is 0. The molecule has 2 aromatic rings. The van der Waals surface area contributed by atoms with Gasteiger partial charge in [0.2, 0.25) is 0 Å². The van der Waals surface area contributed by atoms with Crippen LogP contribution in [0.5, 0.6) is 0 Å². The minimum absolute atomic E-state index is 0.259. The smallest absolute Gasteiger partial charge is 0.262 e. The Morgan fingerprint density at radius 1 is 1.25 bits per heavy atom. The number of anilines is 2. The van der Waals surface area contributed by atoms with E-state index in [1.165, 1.54) is 6.20 Å². The molecule has 0 saturated carbocycles. The zero-order valence-electron chi connectivity index (χ0n) is 10.8.